The van der Waals surface area contributed by atoms with E-state index in [0.717, 1.165) is 33.8 Å². The van der Waals surface area contributed by atoms with Crippen LogP contribution in [-0.4, -0.2) is 26.1 Å². The summed E-state index contributed by atoms with van der Waals surface area (Å²) in [7, 11) is 0. The first-order valence-corrected chi connectivity index (χ1v) is 7.29. The molecule has 0 saturated carbocycles. The van der Waals surface area contributed by atoms with Gasteiger partial charge in [-0.3, -0.25) is 9.89 Å². The van der Waals surface area contributed by atoms with Crippen molar-refractivity contribution >= 4 is 16.9 Å². The Bertz CT molecular complexity index is 764. The van der Waals surface area contributed by atoms with Gasteiger partial charge in [-0.2, -0.15) is 5.10 Å². The maximum atomic E-state index is 12.2. The van der Waals surface area contributed by atoms with E-state index in [1.807, 2.05) is 45.0 Å². The predicted molar refractivity (Wildman–Crippen MR) is 84.4 cm³/mol. The van der Waals surface area contributed by atoms with Crippen LogP contribution in [-0.2, 0) is 11.2 Å². The molecule has 0 saturated heterocycles. The molecule has 2 aromatic heterocycles. The number of nitrogens with zero attached hydrogens (tertiary/aromatic N) is 2. The molecule has 22 heavy (non-hydrogen) atoms. The van der Waals surface area contributed by atoms with Crippen LogP contribution in [0.1, 0.15) is 35.7 Å². The molecule has 114 valence electrons. The molecule has 0 bridgehead atoms. The second-order valence-corrected chi connectivity index (χ2v) is 5.52. The topological polar surface area (TPSA) is 86.5 Å². The van der Waals surface area contributed by atoms with Crippen molar-refractivity contribution in [2.45, 2.75) is 33.2 Å². The predicted octanol–water partition coefficient (Wildman–Crippen LogP) is 2.32. The van der Waals surface area contributed by atoms with Crippen LogP contribution < -0.4 is 5.32 Å². The van der Waals surface area contributed by atoms with Crippen molar-refractivity contribution in [2.24, 2.45) is 0 Å². The molecule has 0 aliphatic heterocycles. The molecule has 0 fully saturated rings. The van der Waals surface area contributed by atoms with Gasteiger partial charge in [-0.1, -0.05) is 12.1 Å². The van der Waals surface area contributed by atoms with Crippen LogP contribution in [0.25, 0.3) is 11.0 Å². The largest absolute Gasteiger partial charge is 0.346 e. The zero-order chi connectivity index (χ0) is 15.7. The number of nitrogens with one attached hydrogen (secondary N) is 3. The number of benzene rings is 1. The Morgan fingerprint density at radius 3 is 2.77 bits per heavy atom. The lowest BCUT2D eigenvalue weighted by Crippen LogP contribution is -2.29. The monoisotopic (exact) mass is 297 g/mol. The Hall–Kier alpha value is -2.63. The van der Waals surface area contributed by atoms with E-state index in [1.54, 1.807) is 0 Å². The summed E-state index contributed by atoms with van der Waals surface area (Å²) in [6.45, 7) is 5.74. The molecule has 1 aromatic carbocycles. The van der Waals surface area contributed by atoms with Crippen LogP contribution in [0.3, 0.4) is 0 Å². The zero-order valence-electron chi connectivity index (χ0n) is 12.9. The number of H-pyrrole nitrogens is 2. The molecule has 2 heterocycles. The summed E-state index contributed by atoms with van der Waals surface area (Å²) in [5.41, 5.74) is 4.63. The third-order valence-electron chi connectivity index (χ3n) is 3.81. The molecular weight excluding hydrogens is 278 g/mol. The quantitative estimate of drug-likeness (QED) is 0.690. The highest BCUT2D eigenvalue weighted by molar-refractivity contribution is 5.80. The normalized spacial score (nSPS) is 12.5. The van der Waals surface area contributed by atoms with Crippen LogP contribution in [0.15, 0.2) is 24.3 Å². The summed E-state index contributed by atoms with van der Waals surface area (Å²) in [6, 6.07) is 7.65. The third kappa shape index (κ3) is 2.72. The van der Waals surface area contributed by atoms with Gasteiger partial charge < -0.3 is 10.3 Å². The number of para-hydroxylation sites is 2. The number of hydrogen-bond acceptors (Lipinski definition) is 3. The lowest BCUT2D eigenvalue weighted by atomic mass is 10.1. The van der Waals surface area contributed by atoms with Crippen molar-refractivity contribution in [3.05, 3.63) is 47.0 Å². The van der Waals surface area contributed by atoms with Crippen LogP contribution in [0.2, 0.25) is 0 Å². The minimum absolute atomic E-state index is 0.0412. The van der Waals surface area contributed by atoms with Crippen molar-refractivity contribution in [3.63, 3.8) is 0 Å². The minimum atomic E-state index is -0.174. The number of carbonyl (C=O) groups excluding carboxylic acids is 1. The van der Waals surface area contributed by atoms with Gasteiger partial charge in [0, 0.05) is 11.3 Å². The van der Waals surface area contributed by atoms with Gasteiger partial charge in [0.05, 0.1) is 29.2 Å². The number of aromatic amines is 2. The molecule has 0 unspecified atom stereocenters. The summed E-state index contributed by atoms with van der Waals surface area (Å²) >= 11 is 0. The van der Waals surface area contributed by atoms with Gasteiger partial charge in [0.1, 0.15) is 5.82 Å². The first-order valence-electron chi connectivity index (χ1n) is 7.29. The average Bonchev–Trinajstić information content (AvgIpc) is 3.05. The highest BCUT2D eigenvalue weighted by Gasteiger charge is 2.16. The van der Waals surface area contributed by atoms with Crippen molar-refractivity contribution in [1.82, 2.24) is 25.5 Å². The molecule has 6 nitrogen and oxygen atoms in total. The van der Waals surface area contributed by atoms with Crippen molar-refractivity contribution in [2.75, 3.05) is 0 Å². The number of carbonyl (C=O) groups is 1. The van der Waals surface area contributed by atoms with Gasteiger partial charge in [0.2, 0.25) is 5.91 Å². The van der Waals surface area contributed by atoms with Gasteiger partial charge in [-0.05, 0) is 32.9 Å². The summed E-state index contributed by atoms with van der Waals surface area (Å²) in [5, 5.41) is 9.98. The number of rotatable bonds is 4. The number of hydrogen-bond donors (Lipinski definition) is 3. The van der Waals surface area contributed by atoms with E-state index in [1.165, 1.54) is 0 Å². The highest BCUT2D eigenvalue weighted by Crippen LogP contribution is 2.16. The van der Waals surface area contributed by atoms with Gasteiger partial charge in [-0.15, -0.1) is 0 Å². The Balaban J connectivity index is 1.70. The standard InChI is InChI=1S/C16H19N5O/c1-9-12(10(2)21-20-9)8-15(22)17-11(3)16-18-13-6-4-5-7-14(13)19-16/h4-7,11H,8H2,1-3H3,(H,17,22)(H,18,19)(H,20,21)/t11-/m0/s1. The molecule has 0 spiro atoms. The van der Waals surface area contributed by atoms with Crippen LogP contribution in [0.5, 0.6) is 0 Å². The maximum absolute atomic E-state index is 12.2. The fourth-order valence-electron chi connectivity index (χ4n) is 2.53. The molecule has 0 radical (unpaired) electrons. The van der Waals surface area contributed by atoms with Crippen molar-refractivity contribution < 1.29 is 4.79 Å². The first-order chi connectivity index (χ1) is 10.5. The summed E-state index contributed by atoms with van der Waals surface area (Å²) < 4.78 is 0. The van der Waals surface area contributed by atoms with E-state index in [2.05, 4.69) is 25.5 Å². The number of imidazole rings is 1. The summed E-state index contributed by atoms with van der Waals surface area (Å²) in [6.07, 6.45) is 0.318. The fourth-order valence-corrected chi connectivity index (χ4v) is 2.53. The minimum Gasteiger partial charge on any atom is -0.346 e. The molecule has 1 amide bonds. The Morgan fingerprint density at radius 2 is 2.09 bits per heavy atom. The van der Waals surface area contributed by atoms with E-state index in [0.29, 0.717) is 6.42 Å². The molecular formula is C16H19N5O. The van der Waals surface area contributed by atoms with Crippen molar-refractivity contribution in [1.29, 1.82) is 0 Å². The van der Waals surface area contributed by atoms with Crippen LogP contribution in [0.4, 0.5) is 0 Å². The maximum Gasteiger partial charge on any atom is 0.225 e. The van der Waals surface area contributed by atoms with Crippen LogP contribution in [0, 0.1) is 13.8 Å². The third-order valence-corrected chi connectivity index (χ3v) is 3.81. The molecule has 6 heteroatoms. The first kappa shape index (κ1) is 14.3. The van der Waals surface area contributed by atoms with Crippen LogP contribution >= 0.6 is 0 Å². The Labute approximate surface area is 128 Å². The zero-order valence-corrected chi connectivity index (χ0v) is 12.9. The van der Waals surface area contributed by atoms with E-state index < -0.39 is 0 Å². The SMILES string of the molecule is Cc1n[nH]c(C)c1CC(=O)N[C@@H](C)c1nc2ccccc2[nH]1. The molecule has 3 N–H and O–H groups in total. The van der Waals surface area contributed by atoms with Crippen molar-refractivity contribution in [3.8, 4) is 0 Å². The lowest BCUT2D eigenvalue weighted by Gasteiger charge is -2.11. The molecule has 3 rings (SSSR count). The highest BCUT2D eigenvalue weighted by atomic mass is 16.1. The second-order valence-electron chi connectivity index (χ2n) is 5.52. The Kier molecular flexibility index (Phi) is 3.66. The Morgan fingerprint density at radius 1 is 1.32 bits per heavy atom. The lowest BCUT2D eigenvalue weighted by molar-refractivity contribution is -0.121. The van der Waals surface area contributed by atoms with E-state index >= 15 is 0 Å². The summed E-state index contributed by atoms with van der Waals surface area (Å²) in [4.78, 5) is 20.0. The van der Waals surface area contributed by atoms with Gasteiger partial charge in [0.15, 0.2) is 0 Å². The fraction of sp³-hybridized carbons (Fsp3) is 0.312. The van der Waals surface area contributed by atoms with Gasteiger partial charge in [0.25, 0.3) is 0 Å². The average molecular weight is 297 g/mol. The number of amides is 1. The number of aryl methyl sites for hydroxylation is 2. The van der Waals surface area contributed by atoms with Gasteiger partial charge in [-0.25, -0.2) is 4.98 Å². The number of fused-ring (bicyclic) bond motifs is 1. The van der Waals surface area contributed by atoms with E-state index in [4.69, 9.17) is 0 Å². The molecule has 0 aliphatic carbocycles. The molecule has 3 aromatic rings. The second kappa shape index (κ2) is 5.63. The van der Waals surface area contributed by atoms with E-state index in [9.17, 15) is 4.79 Å². The summed E-state index contributed by atoms with van der Waals surface area (Å²) in [5.74, 6) is 0.718. The smallest absolute Gasteiger partial charge is 0.225 e. The molecule has 1 atom stereocenters. The number of aromatic nitrogens is 4. The molecule has 0 aliphatic rings. The van der Waals surface area contributed by atoms with E-state index in [-0.39, 0.29) is 11.9 Å². The van der Waals surface area contributed by atoms with Gasteiger partial charge >= 0.3 is 0 Å².